The van der Waals surface area contributed by atoms with Crippen molar-refractivity contribution in [3.8, 4) is 5.95 Å². The molecule has 10 nitrogen and oxygen atoms in total. The van der Waals surface area contributed by atoms with Gasteiger partial charge in [-0.3, -0.25) is 0 Å². The third kappa shape index (κ3) is 3.36. The van der Waals surface area contributed by atoms with Crippen LogP contribution < -0.4 is 10.6 Å². The van der Waals surface area contributed by atoms with Crippen molar-refractivity contribution in [2.75, 3.05) is 30.4 Å². The predicted molar refractivity (Wildman–Crippen MR) is 70.5 cm³/mol. The Morgan fingerprint density at radius 2 is 1.95 bits per heavy atom. The van der Waals surface area contributed by atoms with Crippen LogP contribution in [-0.2, 0) is 0 Å². The molecule has 108 valence electrons. The first-order valence-electron chi connectivity index (χ1n) is 6.10. The zero-order chi connectivity index (χ0) is 14.4. The highest BCUT2D eigenvalue weighted by atomic mass is 16.3. The molecule has 2 rings (SSSR count). The molecule has 0 aliphatic rings. The molecule has 0 aliphatic heterocycles. The molecule has 2 aromatic rings. The summed E-state index contributed by atoms with van der Waals surface area (Å²) in [6.45, 7) is 2.08. The van der Waals surface area contributed by atoms with Crippen molar-refractivity contribution >= 4 is 11.9 Å². The van der Waals surface area contributed by atoms with Gasteiger partial charge in [0.2, 0.25) is 11.9 Å². The molecule has 20 heavy (non-hydrogen) atoms. The van der Waals surface area contributed by atoms with Gasteiger partial charge in [0.1, 0.15) is 12.7 Å². The summed E-state index contributed by atoms with van der Waals surface area (Å²) in [5.41, 5.74) is 0. The molecule has 2 aromatic heterocycles. The van der Waals surface area contributed by atoms with Crippen LogP contribution in [0.4, 0.5) is 11.9 Å². The van der Waals surface area contributed by atoms with Crippen LogP contribution in [0.3, 0.4) is 0 Å². The predicted octanol–water partition coefficient (Wildman–Crippen LogP) is -1.35. The maximum atomic E-state index is 9.08. The Bertz CT molecular complexity index is 528. The second kappa shape index (κ2) is 6.73. The molecule has 0 bridgehead atoms. The smallest absolute Gasteiger partial charge is 0.258 e. The minimum absolute atomic E-state index is 0.231. The Morgan fingerprint density at radius 1 is 1.20 bits per heavy atom. The Labute approximate surface area is 114 Å². The fourth-order valence-corrected chi connectivity index (χ4v) is 1.41. The fraction of sp³-hybridized carbons (Fsp3) is 0.500. The van der Waals surface area contributed by atoms with E-state index in [1.54, 1.807) is 0 Å². The van der Waals surface area contributed by atoms with E-state index in [0.717, 1.165) is 0 Å². The summed E-state index contributed by atoms with van der Waals surface area (Å²) in [6, 6.07) is -0.546. The number of aliphatic hydroxyl groups excluding tert-OH is 2. The molecule has 0 spiro atoms. The summed E-state index contributed by atoms with van der Waals surface area (Å²) < 4.78 is 1.39. The van der Waals surface area contributed by atoms with Gasteiger partial charge in [0, 0.05) is 6.54 Å². The number of hydrogen-bond acceptors (Lipinski definition) is 9. The average molecular weight is 280 g/mol. The lowest BCUT2D eigenvalue weighted by Gasteiger charge is -2.14. The van der Waals surface area contributed by atoms with Crippen LogP contribution >= 0.6 is 0 Å². The van der Waals surface area contributed by atoms with E-state index in [9.17, 15) is 0 Å². The lowest BCUT2D eigenvalue weighted by Crippen LogP contribution is -2.29. The van der Waals surface area contributed by atoms with Gasteiger partial charge < -0.3 is 20.8 Å². The van der Waals surface area contributed by atoms with Crippen LogP contribution in [0.1, 0.15) is 6.92 Å². The van der Waals surface area contributed by atoms with Gasteiger partial charge in [0.15, 0.2) is 0 Å². The number of aromatic nitrogens is 6. The summed E-state index contributed by atoms with van der Waals surface area (Å²) in [4.78, 5) is 16.3. The van der Waals surface area contributed by atoms with E-state index >= 15 is 0 Å². The maximum absolute atomic E-state index is 9.08. The number of hydrogen-bond donors (Lipinski definition) is 4. The molecule has 0 fully saturated rings. The first-order valence-corrected chi connectivity index (χ1v) is 6.10. The topological polar surface area (TPSA) is 134 Å². The SMILES string of the molecule is CCNc1nc(NC(CO)CO)nc(-n2cncn2)n1. The second-order valence-electron chi connectivity index (χ2n) is 3.86. The van der Waals surface area contributed by atoms with Crippen LogP contribution in [0.25, 0.3) is 5.95 Å². The molecule has 0 aromatic carbocycles. The van der Waals surface area contributed by atoms with E-state index in [1.807, 2.05) is 6.92 Å². The van der Waals surface area contributed by atoms with Gasteiger partial charge in [-0.15, -0.1) is 0 Å². The third-order valence-electron chi connectivity index (χ3n) is 2.36. The molecule has 0 radical (unpaired) electrons. The van der Waals surface area contributed by atoms with Crippen molar-refractivity contribution in [3.63, 3.8) is 0 Å². The van der Waals surface area contributed by atoms with Gasteiger partial charge in [0.05, 0.1) is 19.3 Å². The van der Waals surface area contributed by atoms with Gasteiger partial charge in [-0.1, -0.05) is 0 Å². The minimum atomic E-state index is -0.546. The summed E-state index contributed by atoms with van der Waals surface area (Å²) in [5, 5.41) is 27.9. The largest absolute Gasteiger partial charge is 0.394 e. The van der Waals surface area contributed by atoms with Gasteiger partial charge in [0.25, 0.3) is 5.95 Å². The molecule has 0 aliphatic carbocycles. The van der Waals surface area contributed by atoms with E-state index < -0.39 is 6.04 Å². The van der Waals surface area contributed by atoms with Crippen molar-refractivity contribution in [2.45, 2.75) is 13.0 Å². The number of anilines is 2. The van der Waals surface area contributed by atoms with Gasteiger partial charge in [-0.05, 0) is 6.92 Å². The normalized spacial score (nSPS) is 10.8. The standard InChI is InChI=1S/C10H16N8O2/c1-2-12-8-15-9(14-7(3-19)4-20)17-10(16-8)18-6-11-5-13-18/h5-7,19-20H,2-4H2,1H3,(H2,12,14,15,16,17). The molecule has 0 atom stereocenters. The number of rotatable bonds is 7. The molecule has 0 amide bonds. The highest BCUT2D eigenvalue weighted by Crippen LogP contribution is 2.09. The van der Waals surface area contributed by atoms with Crippen LogP contribution in [0, 0.1) is 0 Å². The van der Waals surface area contributed by atoms with Crippen LogP contribution in [0.5, 0.6) is 0 Å². The minimum Gasteiger partial charge on any atom is -0.394 e. The molecule has 4 N–H and O–H groups in total. The Kier molecular flexibility index (Phi) is 4.74. The number of nitrogens with zero attached hydrogens (tertiary/aromatic N) is 6. The summed E-state index contributed by atoms with van der Waals surface area (Å²) in [7, 11) is 0. The van der Waals surface area contributed by atoms with Crippen molar-refractivity contribution in [3.05, 3.63) is 12.7 Å². The fourth-order valence-electron chi connectivity index (χ4n) is 1.41. The van der Waals surface area contributed by atoms with E-state index in [-0.39, 0.29) is 25.1 Å². The molecular formula is C10H16N8O2. The van der Waals surface area contributed by atoms with Crippen LogP contribution in [0.2, 0.25) is 0 Å². The molecule has 0 unspecified atom stereocenters. The maximum Gasteiger partial charge on any atom is 0.258 e. The van der Waals surface area contributed by atoms with Gasteiger partial charge in [-0.25, -0.2) is 4.98 Å². The van der Waals surface area contributed by atoms with Crippen LogP contribution in [0.15, 0.2) is 12.7 Å². The average Bonchev–Trinajstić information content (AvgIpc) is 2.99. The van der Waals surface area contributed by atoms with Crippen molar-refractivity contribution in [2.24, 2.45) is 0 Å². The van der Waals surface area contributed by atoms with Crippen molar-refractivity contribution in [1.82, 2.24) is 29.7 Å². The monoisotopic (exact) mass is 280 g/mol. The van der Waals surface area contributed by atoms with Crippen molar-refractivity contribution < 1.29 is 10.2 Å². The summed E-state index contributed by atoms with van der Waals surface area (Å²) in [5.74, 6) is 0.880. The quantitative estimate of drug-likeness (QED) is 0.485. The van der Waals surface area contributed by atoms with Gasteiger partial charge >= 0.3 is 0 Å². The zero-order valence-electron chi connectivity index (χ0n) is 10.9. The molecular weight excluding hydrogens is 264 g/mol. The van der Waals surface area contributed by atoms with Gasteiger partial charge in [-0.2, -0.15) is 24.7 Å². The molecule has 0 saturated heterocycles. The van der Waals surface area contributed by atoms with E-state index in [0.29, 0.717) is 12.5 Å². The molecule has 0 saturated carbocycles. The lowest BCUT2D eigenvalue weighted by molar-refractivity contribution is 0.203. The first-order chi connectivity index (χ1) is 9.76. The Morgan fingerprint density at radius 3 is 2.55 bits per heavy atom. The van der Waals surface area contributed by atoms with E-state index in [1.165, 1.54) is 17.3 Å². The van der Waals surface area contributed by atoms with E-state index in [2.05, 4.69) is 35.7 Å². The third-order valence-corrected chi connectivity index (χ3v) is 2.36. The molecule has 10 heteroatoms. The van der Waals surface area contributed by atoms with E-state index in [4.69, 9.17) is 10.2 Å². The first kappa shape index (κ1) is 14.1. The number of aliphatic hydroxyl groups is 2. The number of nitrogens with one attached hydrogen (secondary N) is 2. The Balaban J connectivity index is 2.31. The molecule has 2 heterocycles. The summed E-state index contributed by atoms with van der Waals surface area (Å²) >= 11 is 0. The Hall–Kier alpha value is -2.33. The van der Waals surface area contributed by atoms with Crippen LogP contribution in [-0.4, -0.2) is 65.7 Å². The highest BCUT2D eigenvalue weighted by Gasteiger charge is 2.12. The summed E-state index contributed by atoms with van der Waals surface area (Å²) in [6.07, 6.45) is 2.83. The lowest BCUT2D eigenvalue weighted by atomic mass is 10.3. The highest BCUT2D eigenvalue weighted by molar-refractivity contribution is 5.38. The second-order valence-corrected chi connectivity index (χ2v) is 3.86. The van der Waals surface area contributed by atoms with Crippen molar-refractivity contribution in [1.29, 1.82) is 0 Å². The zero-order valence-corrected chi connectivity index (χ0v) is 10.9.